The maximum atomic E-state index is 12.6. The van der Waals surface area contributed by atoms with Gasteiger partial charge in [0.2, 0.25) is 0 Å². The third-order valence-corrected chi connectivity index (χ3v) is 7.54. The van der Waals surface area contributed by atoms with Crippen LogP contribution in [0.2, 0.25) is 0 Å². The van der Waals surface area contributed by atoms with Crippen LogP contribution >= 0.6 is 0 Å². The van der Waals surface area contributed by atoms with Crippen LogP contribution in [0.3, 0.4) is 0 Å². The lowest BCUT2D eigenvalue weighted by Crippen LogP contribution is -2.50. The zero-order valence-electron chi connectivity index (χ0n) is 14.7. The summed E-state index contributed by atoms with van der Waals surface area (Å²) in [4.78, 5) is 25.2. The van der Waals surface area contributed by atoms with E-state index in [-0.39, 0.29) is 0 Å². The molecule has 0 N–H and O–H groups in total. The zero-order valence-corrected chi connectivity index (χ0v) is 14.7. The van der Waals surface area contributed by atoms with Crippen molar-refractivity contribution in [1.82, 2.24) is 0 Å². The summed E-state index contributed by atoms with van der Waals surface area (Å²) in [6.07, 6.45) is 0.880. The molecule has 6 nitrogen and oxygen atoms in total. The molecule has 0 aromatic rings. The van der Waals surface area contributed by atoms with E-state index in [4.69, 9.17) is 18.9 Å². The minimum absolute atomic E-state index is 0.371. The Morgan fingerprint density at radius 1 is 0.800 bits per heavy atom. The van der Waals surface area contributed by atoms with Crippen LogP contribution in [0.1, 0.15) is 12.8 Å². The van der Waals surface area contributed by atoms with Gasteiger partial charge in [0.1, 0.15) is 0 Å². The van der Waals surface area contributed by atoms with Gasteiger partial charge in [-0.2, -0.15) is 0 Å². The number of hydrogen-bond acceptors (Lipinski definition) is 6. The first-order valence-electron chi connectivity index (χ1n) is 9.16. The molecule has 2 unspecified atom stereocenters. The summed E-state index contributed by atoms with van der Waals surface area (Å²) in [6, 6.07) is 0. The number of esters is 2. The highest BCUT2D eigenvalue weighted by molar-refractivity contribution is 6.01. The third-order valence-electron chi connectivity index (χ3n) is 7.54. The molecule has 2 saturated heterocycles. The quantitative estimate of drug-likeness (QED) is 0.424. The van der Waals surface area contributed by atoms with Crippen LogP contribution in [-0.2, 0) is 28.5 Å². The normalized spacial score (nSPS) is 42.8. The lowest BCUT2D eigenvalue weighted by atomic mass is 9.50. The average Bonchev–Trinajstić information content (AvgIpc) is 3.36. The Bertz CT molecular complexity index is 591. The van der Waals surface area contributed by atoms with E-state index in [1.165, 1.54) is 25.4 Å². The van der Waals surface area contributed by atoms with Crippen molar-refractivity contribution >= 4 is 11.9 Å². The van der Waals surface area contributed by atoms with Crippen molar-refractivity contribution in [1.29, 1.82) is 0 Å². The molecule has 2 heterocycles. The molecule has 6 atom stereocenters. The van der Waals surface area contributed by atoms with Gasteiger partial charge in [0.25, 0.3) is 0 Å². The fraction of sp³-hybridized carbons (Fsp3) is 0.789. The lowest BCUT2D eigenvalue weighted by Gasteiger charge is -2.52. The molecule has 0 aromatic heterocycles. The highest BCUT2D eigenvalue weighted by Crippen LogP contribution is 2.66. The summed E-state index contributed by atoms with van der Waals surface area (Å²) in [7, 11) is 2.70. The van der Waals surface area contributed by atoms with Gasteiger partial charge < -0.3 is 18.9 Å². The van der Waals surface area contributed by atoms with Crippen LogP contribution in [0.5, 0.6) is 0 Å². The van der Waals surface area contributed by atoms with Crippen LogP contribution in [0, 0.1) is 40.9 Å². The second kappa shape index (κ2) is 5.30. The summed E-state index contributed by atoms with van der Waals surface area (Å²) in [6.45, 7) is 3.15. The maximum Gasteiger partial charge on any atom is 0.323 e. The second-order valence-corrected chi connectivity index (χ2v) is 8.25. The van der Waals surface area contributed by atoms with Crippen LogP contribution < -0.4 is 0 Å². The molecule has 3 fully saturated rings. The Morgan fingerprint density at radius 2 is 1.16 bits per heavy atom. The van der Waals surface area contributed by atoms with E-state index >= 15 is 0 Å². The molecule has 0 amide bonds. The number of allylic oxidation sites excluding steroid dienone is 2. The van der Waals surface area contributed by atoms with E-state index in [0.29, 0.717) is 48.3 Å². The highest BCUT2D eigenvalue weighted by atomic mass is 16.5. The number of hydrogen-bond donors (Lipinski definition) is 0. The van der Waals surface area contributed by atoms with Crippen molar-refractivity contribution in [3.8, 4) is 0 Å². The summed E-state index contributed by atoms with van der Waals surface area (Å²) in [5.74, 6) is 1.81. The molecule has 25 heavy (non-hydrogen) atoms. The molecule has 4 aliphatic carbocycles. The number of ether oxygens (including phenoxy) is 4. The molecule has 0 radical (unpaired) electrons. The van der Waals surface area contributed by atoms with Crippen molar-refractivity contribution in [2.45, 2.75) is 12.8 Å². The molecular formula is C19H24O6. The van der Waals surface area contributed by atoms with Gasteiger partial charge in [0.15, 0.2) is 5.41 Å². The van der Waals surface area contributed by atoms with Gasteiger partial charge in [-0.1, -0.05) is 11.1 Å². The first kappa shape index (κ1) is 15.8. The molecule has 0 spiro atoms. The summed E-state index contributed by atoms with van der Waals surface area (Å²) >= 11 is 0. The Morgan fingerprint density at radius 3 is 1.48 bits per heavy atom. The minimum atomic E-state index is -1.19. The minimum Gasteiger partial charge on any atom is -0.468 e. The Kier molecular flexibility index (Phi) is 3.36. The zero-order chi connectivity index (χ0) is 17.3. The van der Waals surface area contributed by atoms with E-state index < -0.39 is 17.4 Å². The lowest BCUT2D eigenvalue weighted by molar-refractivity contribution is -0.168. The topological polar surface area (TPSA) is 71.1 Å². The first-order valence-corrected chi connectivity index (χ1v) is 9.16. The number of carbonyl (C=O) groups is 2. The summed E-state index contributed by atoms with van der Waals surface area (Å²) < 4.78 is 21.7. The molecule has 6 aliphatic rings. The van der Waals surface area contributed by atoms with Crippen molar-refractivity contribution in [2.24, 2.45) is 40.9 Å². The maximum absolute atomic E-state index is 12.6. The number of methoxy groups -OCH3 is 2. The largest absolute Gasteiger partial charge is 0.468 e. The van der Waals surface area contributed by atoms with Gasteiger partial charge in [-0.3, -0.25) is 9.59 Å². The van der Waals surface area contributed by atoms with E-state index in [0.717, 1.165) is 26.4 Å². The smallest absolute Gasteiger partial charge is 0.323 e. The van der Waals surface area contributed by atoms with E-state index in [2.05, 4.69) is 0 Å². The van der Waals surface area contributed by atoms with Crippen molar-refractivity contribution in [3.05, 3.63) is 11.1 Å². The summed E-state index contributed by atoms with van der Waals surface area (Å²) in [5, 5.41) is 0. The van der Waals surface area contributed by atoms with E-state index in [9.17, 15) is 9.59 Å². The molecule has 2 bridgehead atoms. The average molecular weight is 348 g/mol. The van der Waals surface area contributed by atoms with Gasteiger partial charge in [-0.15, -0.1) is 0 Å². The SMILES string of the molecule is COC(=O)C1(C(=O)OC)CC2=C(C1)C1[C@H]3COC[C@H]3C2[C@H]2COC[C@@H]12. The fourth-order valence-corrected chi connectivity index (χ4v) is 6.69. The molecule has 136 valence electrons. The molecular weight excluding hydrogens is 324 g/mol. The van der Waals surface area contributed by atoms with E-state index in [1.54, 1.807) is 0 Å². The van der Waals surface area contributed by atoms with Gasteiger partial charge in [-0.05, 0) is 48.3 Å². The van der Waals surface area contributed by atoms with Crippen molar-refractivity contribution < 1.29 is 28.5 Å². The molecule has 2 aliphatic heterocycles. The predicted molar refractivity (Wildman–Crippen MR) is 85.3 cm³/mol. The molecule has 6 rings (SSSR count). The van der Waals surface area contributed by atoms with Gasteiger partial charge in [0.05, 0.1) is 40.6 Å². The number of carbonyl (C=O) groups excluding carboxylic acids is 2. The number of rotatable bonds is 2. The monoisotopic (exact) mass is 348 g/mol. The molecule has 1 saturated carbocycles. The van der Waals surface area contributed by atoms with Crippen LogP contribution in [0.15, 0.2) is 11.1 Å². The Hall–Kier alpha value is -1.40. The van der Waals surface area contributed by atoms with Crippen LogP contribution in [0.4, 0.5) is 0 Å². The first-order chi connectivity index (χ1) is 12.1. The van der Waals surface area contributed by atoms with Crippen LogP contribution in [0.25, 0.3) is 0 Å². The van der Waals surface area contributed by atoms with Gasteiger partial charge >= 0.3 is 11.9 Å². The van der Waals surface area contributed by atoms with Crippen molar-refractivity contribution in [3.63, 3.8) is 0 Å². The Balaban J connectivity index is 1.58. The third kappa shape index (κ3) is 1.82. The van der Waals surface area contributed by atoms with E-state index in [1.807, 2.05) is 0 Å². The highest BCUT2D eigenvalue weighted by Gasteiger charge is 2.66. The fourth-order valence-electron chi connectivity index (χ4n) is 6.69. The van der Waals surface area contributed by atoms with Gasteiger partial charge in [0, 0.05) is 0 Å². The van der Waals surface area contributed by atoms with Gasteiger partial charge in [-0.25, -0.2) is 0 Å². The summed E-state index contributed by atoms with van der Waals surface area (Å²) in [5.41, 5.74) is 1.42. The standard InChI is InChI=1S/C19H24O6/c1-22-17(20)19(18(21)23-2)3-9-10(4-19)16-13-7-24-5-11(13)15(9)12-6-25-8-14(12)16/h11-16H,3-8H2,1-2H3/t11-,12+,13+,14-,15?,16?. The van der Waals surface area contributed by atoms with Crippen molar-refractivity contribution in [2.75, 3.05) is 40.6 Å². The Labute approximate surface area is 146 Å². The molecule has 0 aromatic carbocycles. The molecule has 6 heteroatoms. The van der Waals surface area contributed by atoms with Crippen LogP contribution in [-0.4, -0.2) is 52.6 Å². The predicted octanol–water partition coefficient (Wildman–Crippen LogP) is 1.19. The second-order valence-electron chi connectivity index (χ2n) is 8.25.